The molecular weight excluding hydrogens is 413 g/mol. The van der Waals surface area contributed by atoms with Gasteiger partial charge in [-0.3, -0.25) is 4.79 Å². The predicted octanol–water partition coefficient (Wildman–Crippen LogP) is 4.96. The lowest BCUT2D eigenvalue weighted by atomic mass is 10.0. The summed E-state index contributed by atoms with van der Waals surface area (Å²) in [6, 6.07) is 6.42. The Morgan fingerprint density at radius 1 is 1.21 bits per heavy atom. The molecule has 1 amide bonds. The zero-order valence-electron chi connectivity index (χ0n) is 15.0. The Kier molecular flexibility index (Phi) is 7.59. The molecule has 0 saturated carbocycles. The Balaban J connectivity index is 1.88. The lowest BCUT2D eigenvalue weighted by Crippen LogP contribution is -2.28. The van der Waals surface area contributed by atoms with Crippen molar-refractivity contribution in [2.75, 3.05) is 6.54 Å². The molecule has 24 heavy (non-hydrogen) atoms. The smallest absolute Gasteiger partial charge is 0.246 e. The second kappa shape index (κ2) is 9.44. The van der Waals surface area contributed by atoms with Crippen molar-refractivity contribution >= 4 is 28.5 Å². The largest absolute Gasteiger partial charge is 0.480 e. The van der Waals surface area contributed by atoms with Gasteiger partial charge in [0.1, 0.15) is 5.75 Å². The van der Waals surface area contributed by atoms with Gasteiger partial charge < -0.3 is 10.1 Å². The van der Waals surface area contributed by atoms with E-state index in [0.29, 0.717) is 6.54 Å². The van der Waals surface area contributed by atoms with Crippen LogP contribution in [0.3, 0.4) is 0 Å². The SMILES string of the molecule is CC(C)=C(C)C(=O)NCC[C@H](I)Oc1cccc2c1CCCCC2. The highest BCUT2D eigenvalue weighted by atomic mass is 127. The molecule has 0 aliphatic heterocycles. The van der Waals surface area contributed by atoms with E-state index in [1.807, 2.05) is 20.8 Å². The van der Waals surface area contributed by atoms with E-state index in [1.165, 1.54) is 30.4 Å². The summed E-state index contributed by atoms with van der Waals surface area (Å²) in [5, 5.41) is 2.97. The van der Waals surface area contributed by atoms with E-state index < -0.39 is 0 Å². The summed E-state index contributed by atoms with van der Waals surface area (Å²) in [6.07, 6.45) is 6.91. The molecule has 0 fully saturated rings. The fourth-order valence-electron chi connectivity index (χ4n) is 2.89. The summed E-state index contributed by atoms with van der Waals surface area (Å²) < 4.78 is 6.24. The van der Waals surface area contributed by atoms with Crippen LogP contribution in [0.25, 0.3) is 0 Å². The van der Waals surface area contributed by atoms with E-state index in [-0.39, 0.29) is 10.0 Å². The molecule has 1 aromatic rings. The first-order chi connectivity index (χ1) is 11.5. The number of amides is 1. The summed E-state index contributed by atoms with van der Waals surface area (Å²) >= 11 is 2.32. The molecule has 0 saturated heterocycles. The Hall–Kier alpha value is -1.04. The van der Waals surface area contributed by atoms with Crippen molar-refractivity contribution in [2.45, 2.75) is 63.4 Å². The van der Waals surface area contributed by atoms with Crippen LogP contribution < -0.4 is 10.1 Å². The molecule has 1 aliphatic rings. The molecule has 0 aromatic heterocycles. The number of halogens is 1. The standard InChI is InChI=1S/C20H28INO2/c1-14(2)15(3)20(23)22-13-12-19(21)24-18-11-7-9-16-8-5-4-6-10-17(16)18/h7,9,11,19H,4-6,8,10,12-13H2,1-3H3,(H,22,23)/t19-/m1/s1. The Bertz CT molecular complexity index is 606. The Morgan fingerprint density at radius 3 is 2.71 bits per heavy atom. The third-order valence-electron chi connectivity index (χ3n) is 4.61. The van der Waals surface area contributed by atoms with Crippen molar-refractivity contribution in [2.24, 2.45) is 0 Å². The summed E-state index contributed by atoms with van der Waals surface area (Å²) in [7, 11) is 0. The average Bonchev–Trinajstić information content (AvgIpc) is 2.80. The number of hydrogen-bond donors (Lipinski definition) is 1. The molecule has 3 nitrogen and oxygen atoms in total. The maximum Gasteiger partial charge on any atom is 0.246 e. The van der Waals surface area contributed by atoms with Crippen LogP contribution in [0.1, 0.15) is 57.6 Å². The highest BCUT2D eigenvalue weighted by molar-refractivity contribution is 14.1. The van der Waals surface area contributed by atoms with Crippen molar-refractivity contribution < 1.29 is 9.53 Å². The third-order valence-corrected chi connectivity index (χ3v) is 5.48. The minimum Gasteiger partial charge on any atom is -0.480 e. The highest BCUT2D eigenvalue weighted by Crippen LogP contribution is 2.30. The van der Waals surface area contributed by atoms with Crippen molar-refractivity contribution in [3.8, 4) is 5.75 Å². The van der Waals surface area contributed by atoms with Gasteiger partial charge in [-0.15, -0.1) is 0 Å². The van der Waals surface area contributed by atoms with Crippen LogP contribution in [0.15, 0.2) is 29.3 Å². The molecule has 1 atom stereocenters. The van der Waals surface area contributed by atoms with Gasteiger partial charge in [-0.2, -0.15) is 0 Å². The van der Waals surface area contributed by atoms with Crippen LogP contribution in [-0.2, 0) is 17.6 Å². The van der Waals surface area contributed by atoms with Crippen molar-refractivity contribution in [1.29, 1.82) is 0 Å². The first kappa shape index (κ1) is 19.3. The summed E-state index contributed by atoms with van der Waals surface area (Å²) in [4.78, 5) is 11.9. The van der Waals surface area contributed by atoms with Gasteiger partial charge in [0, 0.05) is 18.5 Å². The van der Waals surface area contributed by atoms with Gasteiger partial charge in [-0.05, 0) is 86.2 Å². The number of ether oxygens (including phenoxy) is 1. The van der Waals surface area contributed by atoms with Gasteiger partial charge in [0.2, 0.25) is 5.91 Å². The molecule has 0 heterocycles. The topological polar surface area (TPSA) is 38.3 Å². The van der Waals surface area contributed by atoms with Gasteiger partial charge in [-0.25, -0.2) is 0 Å². The van der Waals surface area contributed by atoms with Crippen LogP contribution in [-0.4, -0.2) is 16.6 Å². The second-order valence-electron chi connectivity index (χ2n) is 6.65. The molecule has 1 aromatic carbocycles. The fraction of sp³-hybridized carbons (Fsp3) is 0.550. The number of fused-ring (bicyclic) bond motifs is 1. The van der Waals surface area contributed by atoms with E-state index >= 15 is 0 Å². The molecule has 0 spiro atoms. The minimum absolute atomic E-state index is 0.0205. The number of benzene rings is 1. The Morgan fingerprint density at radius 2 is 1.96 bits per heavy atom. The van der Waals surface area contributed by atoms with Gasteiger partial charge >= 0.3 is 0 Å². The molecule has 4 heteroatoms. The number of rotatable bonds is 6. The van der Waals surface area contributed by atoms with Gasteiger partial charge in [0.15, 0.2) is 4.11 Å². The Labute approximate surface area is 159 Å². The first-order valence-corrected chi connectivity index (χ1v) is 10.1. The van der Waals surface area contributed by atoms with E-state index in [0.717, 1.165) is 36.2 Å². The van der Waals surface area contributed by atoms with Gasteiger partial charge in [0.25, 0.3) is 0 Å². The van der Waals surface area contributed by atoms with Crippen molar-refractivity contribution in [3.63, 3.8) is 0 Å². The number of allylic oxidation sites excluding steroid dienone is 1. The maximum atomic E-state index is 11.9. The third kappa shape index (κ3) is 5.50. The highest BCUT2D eigenvalue weighted by Gasteiger charge is 2.15. The maximum absolute atomic E-state index is 11.9. The molecule has 0 bridgehead atoms. The number of aryl methyl sites for hydroxylation is 1. The lowest BCUT2D eigenvalue weighted by molar-refractivity contribution is -0.117. The molecule has 1 aliphatic carbocycles. The molecule has 132 valence electrons. The minimum atomic E-state index is 0.0205. The average molecular weight is 441 g/mol. The summed E-state index contributed by atoms with van der Waals surface area (Å²) in [6.45, 7) is 6.41. The van der Waals surface area contributed by atoms with Crippen LogP contribution in [0.2, 0.25) is 0 Å². The van der Waals surface area contributed by atoms with Crippen molar-refractivity contribution in [3.05, 3.63) is 40.5 Å². The first-order valence-electron chi connectivity index (χ1n) is 8.83. The van der Waals surface area contributed by atoms with E-state index in [9.17, 15) is 4.79 Å². The fourth-order valence-corrected chi connectivity index (χ4v) is 3.47. The number of alkyl halides is 1. The molecule has 0 radical (unpaired) electrons. The van der Waals surface area contributed by atoms with Gasteiger partial charge in [0.05, 0.1) is 0 Å². The van der Waals surface area contributed by atoms with Crippen LogP contribution in [0.4, 0.5) is 0 Å². The zero-order valence-corrected chi connectivity index (χ0v) is 17.1. The zero-order chi connectivity index (χ0) is 17.5. The van der Waals surface area contributed by atoms with E-state index in [1.54, 1.807) is 0 Å². The molecule has 2 rings (SSSR count). The number of nitrogens with one attached hydrogen (secondary N) is 1. The quantitative estimate of drug-likeness (QED) is 0.293. The molecular formula is C20H28INO2. The number of carbonyl (C=O) groups is 1. The lowest BCUT2D eigenvalue weighted by Gasteiger charge is -2.18. The van der Waals surface area contributed by atoms with E-state index in [2.05, 4.69) is 46.1 Å². The monoisotopic (exact) mass is 441 g/mol. The van der Waals surface area contributed by atoms with Crippen LogP contribution in [0, 0.1) is 0 Å². The summed E-state index contributed by atoms with van der Waals surface area (Å²) in [5.41, 5.74) is 4.69. The van der Waals surface area contributed by atoms with Crippen LogP contribution in [0.5, 0.6) is 5.75 Å². The van der Waals surface area contributed by atoms with E-state index in [4.69, 9.17) is 4.74 Å². The second-order valence-corrected chi connectivity index (χ2v) is 8.04. The predicted molar refractivity (Wildman–Crippen MR) is 108 cm³/mol. The van der Waals surface area contributed by atoms with Gasteiger partial charge in [-0.1, -0.05) is 24.1 Å². The number of carbonyl (C=O) groups excluding carboxylic acids is 1. The summed E-state index contributed by atoms with van der Waals surface area (Å²) in [5.74, 6) is 1.05. The normalized spacial score (nSPS) is 15.0. The van der Waals surface area contributed by atoms with Crippen LogP contribution >= 0.6 is 22.6 Å². The van der Waals surface area contributed by atoms with Crippen molar-refractivity contribution in [1.82, 2.24) is 5.32 Å². The molecule has 0 unspecified atom stereocenters. The molecule has 1 N–H and O–H groups in total. The number of hydrogen-bond acceptors (Lipinski definition) is 2.